The maximum atomic E-state index is 13.3. The molecule has 0 saturated carbocycles. The van der Waals surface area contributed by atoms with E-state index >= 15 is 0 Å². The Labute approximate surface area is 185 Å². The Kier molecular flexibility index (Phi) is 6.84. The number of halogens is 3. The van der Waals surface area contributed by atoms with Gasteiger partial charge in [0.1, 0.15) is 11.4 Å². The average molecular weight is 467 g/mol. The van der Waals surface area contributed by atoms with E-state index in [1.54, 1.807) is 35.7 Å². The standard InChI is InChI=1S/C20H20F3N5O3S/c1-11(24)18(29)25-9-13-7-12(10-32-13)28-15(8-17(27-28)20(21,22)23)19(30)26-14-5-3-4-6-16(14)31-2/h3-8,10-11H,9,24H2,1-2H3,(H,25,29)(H,26,30). The number of hydrogen-bond donors (Lipinski definition) is 3. The highest BCUT2D eigenvalue weighted by Crippen LogP contribution is 2.31. The third-order valence-electron chi connectivity index (χ3n) is 4.32. The van der Waals surface area contributed by atoms with Gasteiger partial charge >= 0.3 is 6.18 Å². The summed E-state index contributed by atoms with van der Waals surface area (Å²) in [7, 11) is 1.41. The van der Waals surface area contributed by atoms with Gasteiger partial charge in [-0.3, -0.25) is 9.59 Å². The molecule has 3 aromatic rings. The van der Waals surface area contributed by atoms with Crippen LogP contribution < -0.4 is 21.1 Å². The minimum atomic E-state index is -4.74. The largest absolute Gasteiger partial charge is 0.495 e. The topological polar surface area (TPSA) is 111 Å². The van der Waals surface area contributed by atoms with Crippen molar-refractivity contribution < 1.29 is 27.5 Å². The molecule has 1 unspecified atom stereocenters. The zero-order valence-corrected chi connectivity index (χ0v) is 17.9. The van der Waals surface area contributed by atoms with Crippen LogP contribution in [0.4, 0.5) is 18.9 Å². The van der Waals surface area contributed by atoms with Crippen LogP contribution in [0.1, 0.15) is 28.0 Å². The van der Waals surface area contributed by atoms with E-state index in [9.17, 15) is 22.8 Å². The van der Waals surface area contributed by atoms with Gasteiger partial charge in [0.15, 0.2) is 5.69 Å². The normalized spacial score (nSPS) is 12.3. The molecule has 0 aliphatic carbocycles. The molecule has 0 aliphatic rings. The van der Waals surface area contributed by atoms with Gasteiger partial charge in [-0.05, 0) is 25.1 Å². The van der Waals surface area contributed by atoms with Gasteiger partial charge in [0.2, 0.25) is 5.91 Å². The predicted octanol–water partition coefficient (Wildman–Crippen LogP) is 3.18. The molecule has 1 atom stereocenters. The SMILES string of the molecule is COc1ccccc1NC(=O)c1cc(C(F)(F)F)nn1-c1csc(CNC(=O)C(C)N)c1. The number of carbonyl (C=O) groups excluding carboxylic acids is 2. The molecule has 0 bridgehead atoms. The van der Waals surface area contributed by atoms with Crippen LogP contribution in [-0.2, 0) is 17.5 Å². The molecule has 12 heteroatoms. The van der Waals surface area contributed by atoms with Crippen LogP contribution in [0, 0.1) is 0 Å². The van der Waals surface area contributed by atoms with E-state index in [2.05, 4.69) is 15.7 Å². The van der Waals surface area contributed by atoms with Crippen molar-refractivity contribution in [1.82, 2.24) is 15.1 Å². The number of aromatic nitrogens is 2. The average Bonchev–Trinajstić information content (AvgIpc) is 3.39. The van der Waals surface area contributed by atoms with Gasteiger partial charge in [0, 0.05) is 16.3 Å². The Morgan fingerprint density at radius 3 is 2.66 bits per heavy atom. The molecule has 2 heterocycles. The van der Waals surface area contributed by atoms with E-state index < -0.39 is 23.8 Å². The minimum absolute atomic E-state index is 0.140. The van der Waals surface area contributed by atoms with Gasteiger partial charge < -0.3 is 21.1 Å². The van der Waals surface area contributed by atoms with Crippen molar-refractivity contribution in [3.05, 3.63) is 58.0 Å². The Balaban J connectivity index is 1.92. The summed E-state index contributed by atoms with van der Waals surface area (Å²) in [5.74, 6) is -0.809. The second-order valence-electron chi connectivity index (χ2n) is 6.76. The zero-order chi connectivity index (χ0) is 23.5. The van der Waals surface area contributed by atoms with Crippen molar-refractivity contribution >= 4 is 28.8 Å². The fraction of sp³-hybridized carbons (Fsp3) is 0.250. The lowest BCUT2D eigenvalue weighted by molar-refractivity contribution is -0.141. The Bertz CT molecular complexity index is 1120. The molecule has 170 valence electrons. The van der Waals surface area contributed by atoms with Crippen LogP contribution >= 0.6 is 11.3 Å². The number of alkyl halides is 3. The number of methoxy groups -OCH3 is 1. The summed E-state index contributed by atoms with van der Waals surface area (Å²) in [6.07, 6.45) is -4.74. The number of rotatable bonds is 7. The fourth-order valence-electron chi connectivity index (χ4n) is 2.72. The number of hydrogen-bond acceptors (Lipinski definition) is 6. The number of nitrogens with zero attached hydrogens (tertiary/aromatic N) is 2. The monoisotopic (exact) mass is 467 g/mol. The molecule has 0 aliphatic heterocycles. The van der Waals surface area contributed by atoms with Crippen molar-refractivity contribution in [1.29, 1.82) is 0 Å². The lowest BCUT2D eigenvalue weighted by Gasteiger charge is -2.10. The molecular formula is C20H20F3N5O3S. The number of anilines is 1. The summed E-state index contributed by atoms with van der Waals surface area (Å²) in [4.78, 5) is 25.1. The number of thiophene rings is 1. The van der Waals surface area contributed by atoms with E-state index in [4.69, 9.17) is 10.5 Å². The zero-order valence-electron chi connectivity index (χ0n) is 17.1. The highest BCUT2D eigenvalue weighted by atomic mass is 32.1. The van der Waals surface area contributed by atoms with Gasteiger partial charge in [0.25, 0.3) is 5.91 Å². The maximum absolute atomic E-state index is 13.3. The van der Waals surface area contributed by atoms with Crippen LogP contribution in [0.5, 0.6) is 5.75 Å². The highest BCUT2D eigenvalue weighted by Gasteiger charge is 2.36. The molecule has 0 radical (unpaired) electrons. The molecule has 0 fully saturated rings. The first kappa shape index (κ1) is 23.3. The molecular weight excluding hydrogens is 447 g/mol. The molecule has 1 aromatic carbocycles. The Morgan fingerprint density at radius 1 is 1.28 bits per heavy atom. The van der Waals surface area contributed by atoms with Crippen molar-refractivity contribution in [2.24, 2.45) is 5.73 Å². The molecule has 32 heavy (non-hydrogen) atoms. The summed E-state index contributed by atoms with van der Waals surface area (Å²) in [6, 6.07) is 8.04. The van der Waals surface area contributed by atoms with Crippen molar-refractivity contribution in [2.45, 2.75) is 25.7 Å². The first-order chi connectivity index (χ1) is 15.1. The molecule has 2 amide bonds. The minimum Gasteiger partial charge on any atom is -0.495 e. The Hall–Kier alpha value is -3.38. The summed E-state index contributed by atoms with van der Waals surface area (Å²) in [5, 5.41) is 10.3. The number of carbonyl (C=O) groups is 2. The number of para-hydroxylation sites is 2. The van der Waals surface area contributed by atoms with Crippen molar-refractivity contribution in [3.63, 3.8) is 0 Å². The van der Waals surface area contributed by atoms with Gasteiger partial charge in [-0.25, -0.2) is 4.68 Å². The fourth-order valence-corrected chi connectivity index (χ4v) is 3.50. The van der Waals surface area contributed by atoms with Crippen LogP contribution in [0.3, 0.4) is 0 Å². The van der Waals surface area contributed by atoms with E-state index in [0.29, 0.717) is 22.4 Å². The van der Waals surface area contributed by atoms with Gasteiger partial charge in [0.05, 0.1) is 31.1 Å². The van der Waals surface area contributed by atoms with Crippen LogP contribution in [0.15, 0.2) is 41.8 Å². The summed E-state index contributed by atoms with van der Waals surface area (Å²) in [6.45, 7) is 1.67. The number of nitrogens with two attached hydrogens (primary N) is 1. The second kappa shape index (κ2) is 9.40. The molecule has 4 N–H and O–H groups in total. The first-order valence-electron chi connectivity index (χ1n) is 9.33. The van der Waals surface area contributed by atoms with Crippen molar-refractivity contribution in [2.75, 3.05) is 12.4 Å². The van der Waals surface area contributed by atoms with Gasteiger partial charge in [-0.1, -0.05) is 12.1 Å². The van der Waals surface area contributed by atoms with E-state index in [-0.39, 0.29) is 23.8 Å². The highest BCUT2D eigenvalue weighted by molar-refractivity contribution is 7.10. The van der Waals surface area contributed by atoms with E-state index in [1.807, 2.05) is 0 Å². The third kappa shape index (κ3) is 5.26. The van der Waals surface area contributed by atoms with E-state index in [1.165, 1.54) is 25.4 Å². The molecule has 0 saturated heterocycles. The summed E-state index contributed by atoms with van der Waals surface area (Å²) < 4.78 is 46.0. The lowest BCUT2D eigenvalue weighted by atomic mass is 10.2. The quantitative estimate of drug-likeness (QED) is 0.494. The molecule has 8 nitrogen and oxygen atoms in total. The summed E-state index contributed by atoms with van der Waals surface area (Å²) >= 11 is 1.20. The molecule has 0 spiro atoms. The van der Waals surface area contributed by atoms with E-state index in [0.717, 1.165) is 4.68 Å². The van der Waals surface area contributed by atoms with Gasteiger partial charge in [-0.15, -0.1) is 11.3 Å². The first-order valence-corrected chi connectivity index (χ1v) is 10.2. The molecule has 2 aromatic heterocycles. The van der Waals surface area contributed by atoms with Crippen LogP contribution in [0.25, 0.3) is 5.69 Å². The number of amides is 2. The number of ether oxygens (including phenoxy) is 1. The van der Waals surface area contributed by atoms with Crippen molar-refractivity contribution in [3.8, 4) is 11.4 Å². The number of nitrogens with one attached hydrogen (secondary N) is 2. The van der Waals surface area contributed by atoms with Crippen LogP contribution in [0.2, 0.25) is 0 Å². The smallest absolute Gasteiger partial charge is 0.435 e. The summed E-state index contributed by atoms with van der Waals surface area (Å²) in [5.41, 5.74) is 4.52. The predicted molar refractivity (Wildman–Crippen MR) is 113 cm³/mol. The second-order valence-corrected chi connectivity index (χ2v) is 7.75. The lowest BCUT2D eigenvalue weighted by Crippen LogP contribution is -2.37. The van der Waals surface area contributed by atoms with Crippen LogP contribution in [-0.4, -0.2) is 34.7 Å². The maximum Gasteiger partial charge on any atom is 0.435 e. The third-order valence-corrected chi connectivity index (χ3v) is 5.25. The number of benzene rings is 1. The Morgan fingerprint density at radius 2 is 2.00 bits per heavy atom. The molecule has 3 rings (SSSR count). The van der Waals surface area contributed by atoms with Gasteiger partial charge in [-0.2, -0.15) is 18.3 Å².